The van der Waals surface area contributed by atoms with Crippen molar-refractivity contribution in [3.63, 3.8) is 0 Å². The largest absolute Gasteiger partial charge is 0.450 e. The van der Waals surface area contributed by atoms with Gasteiger partial charge in [-0.2, -0.15) is 0 Å². The molecule has 0 radical (unpaired) electrons. The number of carbonyl (C=O) groups is 1. The Kier molecular flexibility index (Phi) is 5.45. The van der Waals surface area contributed by atoms with Gasteiger partial charge in [-0.15, -0.1) is 11.3 Å². The van der Waals surface area contributed by atoms with Gasteiger partial charge in [0.2, 0.25) is 0 Å². The zero-order chi connectivity index (χ0) is 19.5. The zero-order valence-corrected chi connectivity index (χ0v) is 16.5. The molecule has 0 atom stereocenters. The molecule has 1 saturated carbocycles. The van der Waals surface area contributed by atoms with Gasteiger partial charge in [-0.1, -0.05) is 6.07 Å². The first kappa shape index (κ1) is 18.7. The van der Waals surface area contributed by atoms with Crippen molar-refractivity contribution in [1.29, 1.82) is 0 Å². The van der Waals surface area contributed by atoms with E-state index >= 15 is 0 Å². The van der Waals surface area contributed by atoms with Crippen LogP contribution in [0.25, 0.3) is 11.0 Å². The summed E-state index contributed by atoms with van der Waals surface area (Å²) >= 11 is 1.75. The summed E-state index contributed by atoms with van der Waals surface area (Å²) in [4.78, 5) is 27.5. The van der Waals surface area contributed by atoms with Crippen LogP contribution in [0.15, 0.2) is 51.0 Å². The molecule has 1 aliphatic rings. The number of rotatable bonds is 7. The molecule has 3 aromatic rings. The lowest BCUT2D eigenvalue weighted by atomic mass is 10.1. The molecular weight excluding hydrogens is 376 g/mol. The highest BCUT2D eigenvalue weighted by Gasteiger charge is 2.29. The molecule has 6 nitrogen and oxygen atoms in total. The second-order valence-electron chi connectivity index (χ2n) is 6.86. The first-order valence-corrected chi connectivity index (χ1v) is 10.3. The quantitative estimate of drug-likeness (QED) is 0.590. The molecule has 1 fully saturated rings. The molecule has 0 aliphatic heterocycles. The highest BCUT2D eigenvalue weighted by Crippen LogP contribution is 2.32. The van der Waals surface area contributed by atoms with E-state index in [-0.39, 0.29) is 5.63 Å². The summed E-state index contributed by atoms with van der Waals surface area (Å²) in [6.45, 7) is 3.61. The molecule has 1 aliphatic carbocycles. The summed E-state index contributed by atoms with van der Waals surface area (Å²) in [5, 5.41) is 5.61. The number of fused-ring (bicyclic) bond motifs is 1. The van der Waals surface area contributed by atoms with Gasteiger partial charge in [0.1, 0.15) is 5.58 Å². The number of nitrogens with zero attached hydrogens (tertiary/aromatic N) is 1. The molecule has 1 N–H and O–H groups in total. The number of carbonyl (C=O) groups excluding carboxylic acids is 1. The van der Waals surface area contributed by atoms with E-state index in [1.165, 1.54) is 17.7 Å². The lowest BCUT2D eigenvalue weighted by molar-refractivity contribution is 0.168. The molecular formula is C21H22N2O4S. The molecule has 0 bridgehead atoms. The average Bonchev–Trinajstić information content (AvgIpc) is 3.38. The Balaban J connectivity index is 1.60. The van der Waals surface area contributed by atoms with Crippen molar-refractivity contribution < 1.29 is 13.9 Å². The number of benzene rings is 1. The molecule has 0 unspecified atom stereocenters. The fourth-order valence-corrected chi connectivity index (χ4v) is 4.03. The second-order valence-corrected chi connectivity index (χ2v) is 7.89. The molecule has 0 spiro atoms. The van der Waals surface area contributed by atoms with Crippen molar-refractivity contribution >= 4 is 34.1 Å². The van der Waals surface area contributed by atoms with E-state index in [1.54, 1.807) is 36.5 Å². The fourth-order valence-electron chi connectivity index (χ4n) is 3.30. The predicted octanol–water partition coefficient (Wildman–Crippen LogP) is 4.59. The van der Waals surface area contributed by atoms with E-state index in [4.69, 9.17) is 9.15 Å². The van der Waals surface area contributed by atoms with Crippen LogP contribution in [-0.4, -0.2) is 23.6 Å². The van der Waals surface area contributed by atoms with Gasteiger partial charge < -0.3 is 9.15 Å². The van der Waals surface area contributed by atoms with E-state index in [9.17, 15) is 9.59 Å². The number of nitrogens with one attached hydrogen (secondary N) is 1. The Morgan fingerprint density at radius 3 is 2.86 bits per heavy atom. The molecule has 7 heteroatoms. The summed E-state index contributed by atoms with van der Waals surface area (Å²) in [7, 11) is 0. The molecule has 4 rings (SSSR count). The Bertz CT molecular complexity index is 1020. The summed E-state index contributed by atoms with van der Waals surface area (Å²) in [5.74, 6) is 0. The minimum absolute atomic E-state index is 0.292. The Hall–Kier alpha value is -2.64. The van der Waals surface area contributed by atoms with Crippen molar-refractivity contribution in [3.05, 3.63) is 62.6 Å². The minimum atomic E-state index is -0.531. The van der Waals surface area contributed by atoms with Crippen molar-refractivity contribution in [3.8, 4) is 0 Å². The van der Waals surface area contributed by atoms with E-state index in [2.05, 4.69) is 27.7 Å². The number of amides is 1. The van der Waals surface area contributed by atoms with Crippen LogP contribution in [0.5, 0.6) is 0 Å². The van der Waals surface area contributed by atoms with Crippen molar-refractivity contribution in [2.75, 3.05) is 11.9 Å². The SMILES string of the molecule is CCOC(=O)Nc1ccc2c(CN(Cc3cccs3)C3CC3)cc(=O)oc2c1. The van der Waals surface area contributed by atoms with Gasteiger partial charge in [-0.25, -0.2) is 9.59 Å². The number of hydrogen-bond acceptors (Lipinski definition) is 6. The molecule has 2 aromatic heterocycles. The van der Waals surface area contributed by atoms with Crippen LogP contribution < -0.4 is 10.9 Å². The lowest BCUT2D eigenvalue weighted by Crippen LogP contribution is -2.25. The fraction of sp³-hybridized carbons (Fsp3) is 0.333. The summed E-state index contributed by atoms with van der Waals surface area (Å²) in [5.41, 5.74) is 1.55. The van der Waals surface area contributed by atoms with Gasteiger partial charge >= 0.3 is 11.7 Å². The summed E-state index contributed by atoms with van der Waals surface area (Å²) < 4.78 is 10.3. The highest BCUT2D eigenvalue weighted by atomic mass is 32.1. The van der Waals surface area contributed by atoms with Crippen LogP contribution in [0.2, 0.25) is 0 Å². The first-order valence-electron chi connectivity index (χ1n) is 9.39. The highest BCUT2D eigenvalue weighted by molar-refractivity contribution is 7.09. The summed E-state index contributed by atoms with van der Waals surface area (Å²) in [6.07, 6.45) is 1.85. The maximum absolute atomic E-state index is 12.1. The van der Waals surface area contributed by atoms with E-state index in [0.717, 1.165) is 17.5 Å². The Morgan fingerprint density at radius 2 is 2.14 bits per heavy atom. The number of ether oxygens (including phenoxy) is 1. The maximum Gasteiger partial charge on any atom is 0.411 e. The molecule has 28 heavy (non-hydrogen) atoms. The van der Waals surface area contributed by atoms with Crippen molar-refractivity contribution in [1.82, 2.24) is 4.90 Å². The van der Waals surface area contributed by atoms with E-state index in [0.29, 0.717) is 30.5 Å². The zero-order valence-electron chi connectivity index (χ0n) is 15.6. The third-order valence-electron chi connectivity index (χ3n) is 4.73. The van der Waals surface area contributed by atoms with Crippen LogP contribution in [0.3, 0.4) is 0 Å². The third-order valence-corrected chi connectivity index (χ3v) is 5.59. The van der Waals surface area contributed by atoms with Crippen LogP contribution >= 0.6 is 11.3 Å². The van der Waals surface area contributed by atoms with E-state index < -0.39 is 6.09 Å². The normalized spacial score (nSPS) is 13.8. The van der Waals surface area contributed by atoms with Crippen LogP contribution in [-0.2, 0) is 17.8 Å². The molecule has 1 amide bonds. The molecule has 0 saturated heterocycles. The van der Waals surface area contributed by atoms with Crippen LogP contribution in [0.1, 0.15) is 30.2 Å². The minimum Gasteiger partial charge on any atom is -0.450 e. The van der Waals surface area contributed by atoms with Gasteiger partial charge in [-0.3, -0.25) is 10.2 Å². The Morgan fingerprint density at radius 1 is 1.29 bits per heavy atom. The van der Waals surface area contributed by atoms with Crippen molar-refractivity contribution in [2.24, 2.45) is 0 Å². The van der Waals surface area contributed by atoms with Gasteiger partial charge in [0.25, 0.3) is 0 Å². The number of anilines is 1. The number of hydrogen-bond donors (Lipinski definition) is 1. The predicted molar refractivity (Wildman–Crippen MR) is 110 cm³/mol. The maximum atomic E-state index is 12.1. The van der Waals surface area contributed by atoms with Gasteiger partial charge in [0.05, 0.1) is 6.61 Å². The van der Waals surface area contributed by atoms with Gasteiger partial charge in [0.15, 0.2) is 0 Å². The van der Waals surface area contributed by atoms with Gasteiger partial charge in [-0.05, 0) is 48.9 Å². The lowest BCUT2D eigenvalue weighted by Gasteiger charge is -2.22. The van der Waals surface area contributed by atoms with Crippen LogP contribution in [0.4, 0.5) is 10.5 Å². The van der Waals surface area contributed by atoms with Gasteiger partial charge in [0, 0.05) is 47.2 Å². The monoisotopic (exact) mass is 398 g/mol. The third kappa shape index (κ3) is 4.43. The van der Waals surface area contributed by atoms with Crippen molar-refractivity contribution in [2.45, 2.75) is 38.9 Å². The standard InChI is InChI=1S/C21H22N2O4S/c1-2-26-21(25)22-15-5-8-18-14(10-20(24)27-19(18)11-15)12-23(16-6-7-16)13-17-4-3-9-28-17/h3-5,8-11,16H,2,6-7,12-13H2,1H3,(H,22,25). The number of thiophene rings is 1. The molecule has 2 heterocycles. The first-order chi connectivity index (χ1) is 13.6. The van der Waals surface area contributed by atoms with Crippen LogP contribution in [0, 0.1) is 0 Å². The molecule has 146 valence electrons. The average molecular weight is 398 g/mol. The smallest absolute Gasteiger partial charge is 0.411 e. The van der Waals surface area contributed by atoms with E-state index in [1.807, 2.05) is 6.07 Å². The second kappa shape index (κ2) is 8.16. The Labute approximate surface area is 166 Å². The summed E-state index contributed by atoms with van der Waals surface area (Å²) in [6, 6.07) is 11.7. The molecule has 1 aromatic carbocycles. The topological polar surface area (TPSA) is 71.8 Å².